The third-order valence-corrected chi connectivity index (χ3v) is 3.45. The van der Waals surface area contributed by atoms with Crippen molar-refractivity contribution in [1.29, 1.82) is 0 Å². The zero-order valence-corrected chi connectivity index (χ0v) is 11.5. The van der Waals surface area contributed by atoms with Gasteiger partial charge in [0.15, 0.2) is 0 Å². The molecule has 3 rings (SSSR count). The fourth-order valence-electron chi connectivity index (χ4n) is 1.92. The second-order valence-corrected chi connectivity index (χ2v) is 4.96. The van der Waals surface area contributed by atoms with E-state index in [1.165, 1.54) is 0 Å². The van der Waals surface area contributed by atoms with E-state index in [1.54, 1.807) is 12.1 Å². The first kappa shape index (κ1) is 12.3. The number of aromatic nitrogens is 2. The number of fused-ring (bicyclic) bond motifs is 1. The van der Waals surface area contributed by atoms with Gasteiger partial charge in [-0.1, -0.05) is 35.3 Å². The summed E-state index contributed by atoms with van der Waals surface area (Å²) in [5.74, 6) is 0. The number of rotatable bonds is 3. The maximum absolute atomic E-state index is 6.10. The van der Waals surface area contributed by atoms with Gasteiger partial charge < -0.3 is 9.72 Å². The van der Waals surface area contributed by atoms with Crippen LogP contribution in [0.4, 0.5) is 5.69 Å². The average Bonchev–Trinajstić information content (AvgIpc) is 2.81. The summed E-state index contributed by atoms with van der Waals surface area (Å²) in [5.41, 5.74) is 2.59. The first-order valence-corrected chi connectivity index (χ1v) is 6.60. The van der Waals surface area contributed by atoms with Gasteiger partial charge >= 0.3 is 0 Å². The van der Waals surface area contributed by atoms with Crippen LogP contribution in [-0.4, -0.2) is 9.38 Å². The lowest BCUT2D eigenvalue weighted by molar-refractivity contribution is 1.08. The van der Waals surface area contributed by atoms with Gasteiger partial charge in [0.25, 0.3) is 0 Å². The number of halogens is 2. The molecule has 1 N–H and O–H groups in total. The monoisotopic (exact) mass is 291 g/mol. The Balaban J connectivity index is 1.82. The van der Waals surface area contributed by atoms with Crippen LogP contribution in [0.2, 0.25) is 10.0 Å². The Morgan fingerprint density at radius 2 is 1.84 bits per heavy atom. The van der Waals surface area contributed by atoms with Crippen LogP contribution in [-0.2, 0) is 6.54 Å². The van der Waals surface area contributed by atoms with E-state index in [9.17, 15) is 0 Å². The fourth-order valence-corrected chi connectivity index (χ4v) is 2.45. The maximum atomic E-state index is 6.10. The Bertz CT molecular complexity index is 668. The maximum Gasteiger partial charge on any atom is 0.137 e. The predicted molar refractivity (Wildman–Crippen MR) is 79.0 cm³/mol. The van der Waals surface area contributed by atoms with Crippen LogP contribution < -0.4 is 5.32 Å². The Morgan fingerprint density at radius 3 is 2.58 bits per heavy atom. The van der Waals surface area contributed by atoms with Crippen LogP contribution in [0.3, 0.4) is 0 Å². The van der Waals surface area contributed by atoms with Crippen LogP contribution in [0.1, 0.15) is 5.69 Å². The molecule has 0 atom stereocenters. The summed E-state index contributed by atoms with van der Waals surface area (Å²) in [6.07, 6.45) is 3.95. The first-order valence-electron chi connectivity index (χ1n) is 5.84. The van der Waals surface area contributed by atoms with Gasteiger partial charge in [0.1, 0.15) is 5.65 Å². The van der Waals surface area contributed by atoms with Crippen molar-refractivity contribution in [3.05, 3.63) is 64.5 Å². The second kappa shape index (κ2) is 5.11. The Hall–Kier alpha value is -1.71. The third-order valence-electron chi connectivity index (χ3n) is 2.82. The van der Waals surface area contributed by atoms with E-state index >= 15 is 0 Å². The molecule has 0 spiro atoms. The summed E-state index contributed by atoms with van der Waals surface area (Å²) >= 11 is 12.2. The highest BCUT2D eigenvalue weighted by Crippen LogP contribution is 2.30. The molecule has 0 aliphatic rings. The molecule has 5 heteroatoms. The molecule has 0 bridgehead atoms. The number of nitrogens with zero attached hydrogens (tertiary/aromatic N) is 2. The van der Waals surface area contributed by atoms with Crippen molar-refractivity contribution in [3.8, 4) is 0 Å². The molecular formula is C14H11Cl2N3. The Labute approximate surface area is 120 Å². The molecule has 2 aromatic heterocycles. The zero-order chi connectivity index (χ0) is 13.2. The van der Waals surface area contributed by atoms with Crippen LogP contribution in [0.5, 0.6) is 0 Å². The van der Waals surface area contributed by atoms with Gasteiger partial charge in [-0.3, -0.25) is 0 Å². The molecule has 3 aromatic rings. The number of para-hydroxylation sites is 1. The molecule has 3 nitrogen and oxygen atoms in total. The topological polar surface area (TPSA) is 29.3 Å². The van der Waals surface area contributed by atoms with Gasteiger partial charge in [-0.2, -0.15) is 0 Å². The molecule has 0 fully saturated rings. The van der Waals surface area contributed by atoms with E-state index in [0.29, 0.717) is 16.6 Å². The minimum absolute atomic E-state index is 0.575. The third kappa shape index (κ3) is 2.53. The van der Waals surface area contributed by atoms with Crippen molar-refractivity contribution < 1.29 is 0 Å². The van der Waals surface area contributed by atoms with Crippen molar-refractivity contribution in [3.63, 3.8) is 0 Å². The van der Waals surface area contributed by atoms with Crippen LogP contribution in [0.25, 0.3) is 5.65 Å². The van der Waals surface area contributed by atoms with Gasteiger partial charge in [-0.05, 0) is 24.3 Å². The van der Waals surface area contributed by atoms with Crippen LogP contribution >= 0.6 is 23.2 Å². The number of hydrogen-bond donors (Lipinski definition) is 1. The highest BCUT2D eigenvalue weighted by Gasteiger charge is 2.06. The molecule has 0 radical (unpaired) electrons. The number of pyridine rings is 1. The van der Waals surface area contributed by atoms with Crippen molar-refractivity contribution in [2.24, 2.45) is 0 Å². The molecule has 19 heavy (non-hydrogen) atoms. The molecule has 0 saturated carbocycles. The van der Waals surface area contributed by atoms with E-state index < -0.39 is 0 Å². The van der Waals surface area contributed by atoms with Crippen molar-refractivity contribution in [2.45, 2.75) is 6.54 Å². The lowest BCUT2D eigenvalue weighted by Gasteiger charge is -2.08. The van der Waals surface area contributed by atoms with E-state index in [1.807, 2.05) is 41.1 Å². The first-order chi connectivity index (χ1) is 9.24. The average molecular weight is 292 g/mol. The lowest BCUT2D eigenvalue weighted by Crippen LogP contribution is -2.00. The largest absolute Gasteiger partial charge is 0.377 e. The second-order valence-electron chi connectivity index (χ2n) is 4.15. The molecule has 96 valence electrons. The smallest absolute Gasteiger partial charge is 0.137 e. The van der Waals surface area contributed by atoms with Crippen LogP contribution in [0, 0.1) is 0 Å². The standard InChI is InChI=1S/C14H11Cl2N3/c15-11-4-3-5-12(16)14(11)17-8-10-9-19-7-2-1-6-13(19)18-10/h1-7,9,17H,8H2. The highest BCUT2D eigenvalue weighted by atomic mass is 35.5. The zero-order valence-electron chi connectivity index (χ0n) is 9.98. The summed E-state index contributed by atoms with van der Waals surface area (Å²) in [4.78, 5) is 4.50. The summed E-state index contributed by atoms with van der Waals surface area (Å²) in [7, 11) is 0. The highest BCUT2D eigenvalue weighted by molar-refractivity contribution is 6.39. The minimum Gasteiger partial charge on any atom is -0.377 e. The van der Waals surface area contributed by atoms with E-state index in [-0.39, 0.29) is 0 Å². The normalized spacial score (nSPS) is 10.8. The van der Waals surface area contributed by atoms with E-state index in [2.05, 4.69) is 10.3 Å². The fraction of sp³-hybridized carbons (Fsp3) is 0.0714. The number of hydrogen-bond acceptors (Lipinski definition) is 2. The molecule has 0 aliphatic carbocycles. The summed E-state index contributed by atoms with van der Waals surface area (Å²) in [6, 6.07) is 11.3. The number of imidazole rings is 1. The molecule has 0 unspecified atom stereocenters. The molecule has 0 saturated heterocycles. The molecule has 1 aromatic carbocycles. The Morgan fingerprint density at radius 1 is 1.05 bits per heavy atom. The summed E-state index contributed by atoms with van der Waals surface area (Å²) in [6.45, 7) is 0.575. The SMILES string of the molecule is Clc1cccc(Cl)c1NCc1cn2ccccc2n1. The van der Waals surface area contributed by atoms with E-state index in [0.717, 1.165) is 17.0 Å². The lowest BCUT2D eigenvalue weighted by atomic mass is 10.3. The van der Waals surface area contributed by atoms with Crippen molar-refractivity contribution >= 4 is 34.5 Å². The van der Waals surface area contributed by atoms with Gasteiger partial charge in [-0.25, -0.2) is 4.98 Å². The molecule has 2 heterocycles. The summed E-state index contributed by atoms with van der Waals surface area (Å²) < 4.78 is 1.98. The summed E-state index contributed by atoms with van der Waals surface area (Å²) in [5, 5.41) is 4.43. The number of anilines is 1. The molecular weight excluding hydrogens is 281 g/mol. The quantitative estimate of drug-likeness (QED) is 0.781. The van der Waals surface area contributed by atoms with Crippen molar-refractivity contribution in [2.75, 3.05) is 5.32 Å². The molecule has 0 amide bonds. The minimum atomic E-state index is 0.575. The van der Waals surface area contributed by atoms with Crippen LogP contribution in [0.15, 0.2) is 48.8 Å². The number of nitrogens with one attached hydrogen (secondary N) is 1. The van der Waals surface area contributed by atoms with Crippen molar-refractivity contribution in [1.82, 2.24) is 9.38 Å². The van der Waals surface area contributed by atoms with E-state index in [4.69, 9.17) is 23.2 Å². The van der Waals surface area contributed by atoms with Gasteiger partial charge in [0, 0.05) is 12.4 Å². The molecule has 0 aliphatic heterocycles. The predicted octanol–water partition coefficient (Wildman–Crippen LogP) is 4.25. The van der Waals surface area contributed by atoms with Gasteiger partial charge in [0.2, 0.25) is 0 Å². The van der Waals surface area contributed by atoms with Gasteiger partial charge in [0.05, 0.1) is 28.0 Å². The Kier molecular flexibility index (Phi) is 3.32. The number of benzene rings is 1. The van der Waals surface area contributed by atoms with Gasteiger partial charge in [-0.15, -0.1) is 0 Å².